The monoisotopic (exact) mass is 1300 g/mol. The summed E-state index contributed by atoms with van der Waals surface area (Å²) in [4.78, 5) is 169. The molecule has 1 aliphatic heterocycles. The maximum Gasteiger partial charge on any atom is 0.323 e. The molecule has 0 unspecified atom stereocenters. The van der Waals surface area contributed by atoms with E-state index in [2.05, 4.69) is 72.3 Å². The van der Waals surface area contributed by atoms with E-state index in [9.17, 15) is 62.6 Å². The molecular formula is C61H107N17O14. The number of aliphatic hydroxyl groups excluding tert-OH is 1. The molecule has 0 bridgehead atoms. The van der Waals surface area contributed by atoms with Crippen molar-refractivity contribution in [3.05, 3.63) is 35.9 Å². The van der Waals surface area contributed by atoms with Crippen LogP contribution in [0, 0.1) is 17.8 Å². The van der Waals surface area contributed by atoms with Crippen molar-refractivity contribution in [3.63, 3.8) is 0 Å². The first-order valence-corrected chi connectivity index (χ1v) is 32.0. The molecule has 11 amide bonds. The maximum atomic E-state index is 14.7. The van der Waals surface area contributed by atoms with Gasteiger partial charge in [0.1, 0.15) is 72.6 Å². The minimum absolute atomic E-state index is 0.0330. The van der Waals surface area contributed by atoms with E-state index in [0.717, 1.165) is 12.8 Å². The Morgan fingerprint density at radius 1 is 0.554 bits per heavy atom. The molecule has 0 spiro atoms. The van der Waals surface area contributed by atoms with Crippen LogP contribution in [0.1, 0.15) is 138 Å². The van der Waals surface area contributed by atoms with Gasteiger partial charge in [-0.25, -0.2) is 0 Å². The molecule has 0 aliphatic carbocycles. The third-order valence-corrected chi connectivity index (χ3v) is 15.0. The predicted molar refractivity (Wildman–Crippen MR) is 343 cm³/mol. The first-order valence-electron chi connectivity index (χ1n) is 32.0. The lowest BCUT2D eigenvalue weighted by molar-refractivity contribution is -0.154. The van der Waals surface area contributed by atoms with E-state index in [-0.39, 0.29) is 102 Å². The number of benzene rings is 1. The molecule has 24 N–H and O–H groups in total. The molecule has 2 rings (SSSR count). The average molecular weight is 1300 g/mol. The minimum atomic E-state index is -1.77. The molecule has 1 heterocycles. The van der Waals surface area contributed by atoms with Gasteiger partial charge in [-0.2, -0.15) is 0 Å². The van der Waals surface area contributed by atoms with E-state index in [4.69, 9.17) is 39.1 Å². The second-order valence-corrected chi connectivity index (χ2v) is 24.6. The molecule has 0 aromatic heterocycles. The van der Waals surface area contributed by atoms with Crippen LogP contribution in [0.2, 0.25) is 0 Å². The van der Waals surface area contributed by atoms with Crippen LogP contribution in [-0.2, 0) is 68.7 Å². The highest BCUT2D eigenvalue weighted by Gasteiger charge is 2.39. The number of carbonyl (C=O) groups excluding carboxylic acids is 12. The van der Waals surface area contributed by atoms with Gasteiger partial charge in [-0.1, -0.05) is 84.7 Å². The number of hydrogen-bond donors (Lipinski definition) is 18. The molecule has 1 aromatic rings. The van der Waals surface area contributed by atoms with Crippen LogP contribution in [0.5, 0.6) is 0 Å². The lowest BCUT2D eigenvalue weighted by Gasteiger charge is -2.30. The molecule has 0 radical (unpaired) electrons. The van der Waals surface area contributed by atoms with Crippen molar-refractivity contribution in [2.24, 2.45) is 52.2 Å². The maximum absolute atomic E-state index is 14.7. The zero-order chi connectivity index (χ0) is 69.2. The number of esters is 1. The largest absolute Gasteiger partial charge is 0.459 e. The van der Waals surface area contributed by atoms with Crippen molar-refractivity contribution in [3.8, 4) is 0 Å². The third-order valence-electron chi connectivity index (χ3n) is 15.0. The van der Waals surface area contributed by atoms with E-state index in [1.807, 2.05) is 13.8 Å². The van der Waals surface area contributed by atoms with E-state index in [0.29, 0.717) is 17.9 Å². The van der Waals surface area contributed by atoms with E-state index in [1.54, 1.807) is 44.2 Å². The molecule has 92 heavy (non-hydrogen) atoms. The van der Waals surface area contributed by atoms with E-state index in [1.165, 1.54) is 13.8 Å². The van der Waals surface area contributed by atoms with Gasteiger partial charge in [0.25, 0.3) is 0 Å². The van der Waals surface area contributed by atoms with Gasteiger partial charge in [-0.15, -0.1) is 0 Å². The summed E-state index contributed by atoms with van der Waals surface area (Å²) in [5.74, 6) is -10.7. The Kier molecular flexibility index (Phi) is 37.4. The normalized spacial score (nSPS) is 22.1. The highest BCUT2D eigenvalue weighted by molar-refractivity contribution is 5.99. The van der Waals surface area contributed by atoms with Crippen LogP contribution in [-0.4, -0.2) is 194 Å². The van der Waals surface area contributed by atoms with Gasteiger partial charge < -0.3 is 103 Å². The van der Waals surface area contributed by atoms with Crippen molar-refractivity contribution in [2.45, 2.75) is 218 Å². The number of aliphatic hydroxyl groups is 1. The van der Waals surface area contributed by atoms with Crippen LogP contribution >= 0.6 is 0 Å². The Morgan fingerprint density at radius 3 is 1.57 bits per heavy atom. The van der Waals surface area contributed by atoms with Gasteiger partial charge >= 0.3 is 5.97 Å². The molecule has 1 fully saturated rings. The SMILES string of the molecule is CC(C)CCCCC(=O)N[C@@H](CCN)C(=O)N[C@H](C(=O)N[C@@H](CCN)C(=O)N[C@H]1CCNC(=O)[C@H]([C@@H](C)O)NC(=O)[C@H](CCN)NC(=O)[C@H](CCN)NC(=O)[C@H](CC(C)C)NC(=O)[C@@H](Cc2ccccc2)NC(=O)[C@H](CCN)NC1=O)[C@@H](C)OC(=O)[C@@H](N)CC(C)C. The zero-order valence-corrected chi connectivity index (χ0v) is 54.8. The van der Waals surface area contributed by atoms with Crippen LogP contribution < -0.4 is 92.9 Å². The average Bonchev–Trinajstić information content (AvgIpc) is 1.13. The fraction of sp³-hybridized carbons (Fsp3) is 0.705. The summed E-state index contributed by atoms with van der Waals surface area (Å²) in [5.41, 5.74) is 36.3. The Labute approximate surface area is 539 Å². The summed E-state index contributed by atoms with van der Waals surface area (Å²) >= 11 is 0. The van der Waals surface area contributed by atoms with Crippen molar-refractivity contribution in [1.82, 2.24) is 58.5 Å². The molecule has 1 aliphatic rings. The summed E-state index contributed by atoms with van der Waals surface area (Å²) in [6.07, 6.45) is -2.15. The number of unbranched alkanes of at least 4 members (excludes halogenated alkanes) is 1. The lowest BCUT2D eigenvalue weighted by atomic mass is 10.00. The third kappa shape index (κ3) is 29.5. The van der Waals surface area contributed by atoms with Gasteiger partial charge in [-0.05, 0) is 128 Å². The first kappa shape index (κ1) is 80.7. The highest BCUT2D eigenvalue weighted by Crippen LogP contribution is 2.14. The molecular weight excluding hydrogens is 1190 g/mol. The molecule has 31 heteroatoms. The van der Waals surface area contributed by atoms with Crippen LogP contribution in [0.3, 0.4) is 0 Å². The predicted octanol–water partition coefficient (Wildman–Crippen LogP) is -4.71. The lowest BCUT2D eigenvalue weighted by Crippen LogP contribution is -2.62. The summed E-state index contributed by atoms with van der Waals surface area (Å²) in [6, 6.07) is -7.77. The van der Waals surface area contributed by atoms with Crippen LogP contribution in [0.15, 0.2) is 30.3 Å². The zero-order valence-electron chi connectivity index (χ0n) is 54.8. The molecule has 13 atom stereocenters. The Hall–Kier alpha value is -7.42. The number of hydrogen-bond acceptors (Lipinski definition) is 20. The van der Waals surface area contributed by atoms with Gasteiger partial charge in [-0.3, -0.25) is 57.5 Å². The van der Waals surface area contributed by atoms with Gasteiger partial charge in [0, 0.05) is 19.4 Å². The summed E-state index contributed by atoms with van der Waals surface area (Å²) in [7, 11) is 0. The standard InChI is InChI=1S/C61H107N17O14/c1-33(2)14-12-13-17-48(80)69-40(18-24-62)55(85)78-50(37(8)92-61(91)39(67)30-34(3)4)60(90)74-43(21-27-65)52(82)73-45-23-29-68-59(89)49(36(7)79)77-56(86)44(22-28-66)71-51(81)41(19-25-63)72-57(87)46(31-35(5)6)75-58(88)47(32-38-15-10-9-11-16-38)76-53(83)42(20-26-64)70-54(45)84/h9-11,15-16,33-37,39-47,49-50,79H,12-14,17-32,62-67H2,1-8H3,(H,68,89)(H,69,80)(H,70,84)(H,71,81)(H,72,87)(H,73,82)(H,74,90)(H,75,88)(H,76,83)(H,77,86)(H,78,85)/t36-,37-,39+,40+,41+,42+,43+,44+,45+,46+,47-,49+,50+/m1/s1. The van der Waals surface area contributed by atoms with Crippen LogP contribution in [0.4, 0.5) is 0 Å². The van der Waals surface area contributed by atoms with E-state index >= 15 is 0 Å². The number of nitrogens with one attached hydrogen (secondary N) is 11. The fourth-order valence-electron chi connectivity index (χ4n) is 9.91. The quantitative estimate of drug-likeness (QED) is 0.0238. The Balaban J connectivity index is 2.80. The number of amides is 11. The van der Waals surface area contributed by atoms with Crippen molar-refractivity contribution >= 4 is 70.9 Å². The highest BCUT2D eigenvalue weighted by atomic mass is 16.5. The molecule has 1 aromatic carbocycles. The topological polar surface area (TPSA) is 523 Å². The van der Waals surface area contributed by atoms with Gasteiger partial charge in [0.05, 0.1) is 6.10 Å². The second-order valence-electron chi connectivity index (χ2n) is 24.6. The van der Waals surface area contributed by atoms with Crippen molar-refractivity contribution in [1.29, 1.82) is 0 Å². The number of rotatable bonds is 32. The van der Waals surface area contributed by atoms with Gasteiger partial charge in [0.15, 0.2) is 0 Å². The second kappa shape index (κ2) is 42.7. The van der Waals surface area contributed by atoms with Crippen molar-refractivity contribution < 1.29 is 67.4 Å². The Bertz CT molecular complexity index is 2550. The summed E-state index contributed by atoms with van der Waals surface area (Å²) in [5, 5.41) is 39.2. The number of ether oxygens (including phenoxy) is 1. The van der Waals surface area contributed by atoms with Gasteiger partial charge in [0.2, 0.25) is 65.0 Å². The molecule has 1 saturated heterocycles. The fourth-order valence-corrected chi connectivity index (χ4v) is 9.91. The van der Waals surface area contributed by atoms with E-state index < -0.39 is 163 Å². The smallest absolute Gasteiger partial charge is 0.323 e. The molecule has 0 saturated carbocycles. The first-order chi connectivity index (χ1) is 43.5. The minimum Gasteiger partial charge on any atom is -0.459 e. The molecule has 520 valence electrons. The summed E-state index contributed by atoms with van der Waals surface area (Å²) < 4.78 is 5.64. The number of carbonyl (C=O) groups is 12. The number of nitrogens with two attached hydrogens (primary N) is 6. The van der Waals surface area contributed by atoms with Crippen molar-refractivity contribution in [2.75, 3.05) is 39.3 Å². The van der Waals surface area contributed by atoms with Crippen LogP contribution in [0.25, 0.3) is 0 Å². The molecule has 31 nitrogen and oxygen atoms in total. The summed E-state index contributed by atoms with van der Waals surface area (Å²) in [6.45, 7) is 12.5. The Morgan fingerprint density at radius 2 is 1.05 bits per heavy atom.